The first-order valence-corrected chi connectivity index (χ1v) is 5.34. The van der Waals surface area contributed by atoms with Crippen molar-refractivity contribution in [1.82, 2.24) is 10.2 Å². The van der Waals surface area contributed by atoms with Gasteiger partial charge in [-0.25, -0.2) is 4.39 Å². The number of carbonyl (C=O) groups excluding carboxylic acids is 1. The van der Waals surface area contributed by atoms with Crippen LogP contribution in [0.2, 0.25) is 0 Å². The highest BCUT2D eigenvalue weighted by Crippen LogP contribution is 2.35. The number of alkyl halides is 1. The van der Waals surface area contributed by atoms with E-state index in [9.17, 15) is 9.18 Å². The average Bonchev–Trinajstić information content (AvgIpc) is 2.69. The minimum Gasteiger partial charge on any atom is -0.323 e. The van der Waals surface area contributed by atoms with Crippen LogP contribution >= 0.6 is 0 Å². The predicted molar refractivity (Wildman–Crippen MR) is 51.5 cm³/mol. The van der Waals surface area contributed by atoms with Crippen molar-refractivity contribution in [3.8, 4) is 0 Å². The highest BCUT2D eigenvalue weighted by atomic mass is 19.1. The zero-order valence-electron chi connectivity index (χ0n) is 8.55. The molecule has 1 heterocycles. The van der Waals surface area contributed by atoms with Crippen molar-refractivity contribution in [1.29, 1.82) is 0 Å². The third-order valence-corrected chi connectivity index (χ3v) is 3.41. The molecule has 1 atom stereocenters. The molecule has 1 unspecified atom stereocenters. The molecule has 1 aliphatic heterocycles. The number of hydrogen-bond acceptors (Lipinski definition) is 2. The van der Waals surface area contributed by atoms with Gasteiger partial charge in [0.2, 0.25) is 5.91 Å². The third-order valence-electron chi connectivity index (χ3n) is 3.41. The quantitative estimate of drug-likeness (QED) is 0.722. The van der Waals surface area contributed by atoms with E-state index < -0.39 is 6.67 Å². The minimum atomic E-state index is -0.451. The highest BCUT2D eigenvalue weighted by molar-refractivity contribution is 5.89. The largest absolute Gasteiger partial charge is 0.323 e. The normalized spacial score (nSPS) is 30.6. The number of carbonyl (C=O) groups is 1. The summed E-state index contributed by atoms with van der Waals surface area (Å²) >= 11 is 0. The molecule has 0 aromatic rings. The summed E-state index contributed by atoms with van der Waals surface area (Å²) in [4.78, 5) is 13.7. The Morgan fingerprint density at radius 1 is 1.57 bits per heavy atom. The standard InChI is InChI=1S/C10H17FN2O/c1-8-12-10(4-2-3-5-10)9(14)13(8)7-6-11/h8,12H,2-7H2,1H3. The summed E-state index contributed by atoms with van der Waals surface area (Å²) in [7, 11) is 0. The van der Waals surface area contributed by atoms with Gasteiger partial charge in [-0.05, 0) is 19.8 Å². The summed E-state index contributed by atoms with van der Waals surface area (Å²) in [6.07, 6.45) is 4.04. The summed E-state index contributed by atoms with van der Waals surface area (Å²) in [6, 6.07) is 0. The van der Waals surface area contributed by atoms with Crippen molar-refractivity contribution >= 4 is 5.91 Å². The van der Waals surface area contributed by atoms with Crippen LogP contribution in [0.15, 0.2) is 0 Å². The average molecular weight is 200 g/mol. The fraction of sp³-hybridized carbons (Fsp3) is 0.900. The maximum atomic E-state index is 12.2. The van der Waals surface area contributed by atoms with Gasteiger partial charge in [0, 0.05) is 0 Å². The lowest BCUT2D eigenvalue weighted by atomic mass is 9.98. The summed E-state index contributed by atoms with van der Waals surface area (Å²) in [5, 5.41) is 3.32. The Bertz CT molecular complexity index is 238. The van der Waals surface area contributed by atoms with E-state index in [0.29, 0.717) is 0 Å². The van der Waals surface area contributed by atoms with Crippen molar-refractivity contribution in [2.24, 2.45) is 0 Å². The first-order chi connectivity index (χ1) is 6.69. The molecular weight excluding hydrogens is 183 g/mol. The molecule has 2 rings (SSSR count). The highest BCUT2D eigenvalue weighted by Gasteiger charge is 2.50. The van der Waals surface area contributed by atoms with Crippen LogP contribution in [0.25, 0.3) is 0 Å². The van der Waals surface area contributed by atoms with Crippen LogP contribution in [0, 0.1) is 0 Å². The van der Waals surface area contributed by atoms with Crippen molar-refractivity contribution in [3.63, 3.8) is 0 Å². The monoisotopic (exact) mass is 200 g/mol. The van der Waals surface area contributed by atoms with Gasteiger partial charge in [-0.1, -0.05) is 12.8 Å². The smallest absolute Gasteiger partial charge is 0.244 e. The number of rotatable bonds is 2. The van der Waals surface area contributed by atoms with Gasteiger partial charge in [0.05, 0.1) is 18.2 Å². The molecule has 2 aliphatic rings. The van der Waals surface area contributed by atoms with Gasteiger partial charge >= 0.3 is 0 Å². The molecular formula is C10H17FN2O. The molecule has 1 saturated carbocycles. The molecule has 3 nitrogen and oxygen atoms in total. The van der Waals surface area contributed by atoms with Crippen LogP contribution in [0.3, 0.4) is 0 Å². The van der Waals surface area contributed by atoms with Crippen molar-refractivity contribution < 1.29 is 9.18 Å². The van der Waals surface area contributed by atoms with E-state index in [0.717, 1.165) is 25.7 Å². The Balaban J connectivity index is 2.13. The second kappa shape index (κ2) is 3.50. The van der Waals surface area contributed by atoms with Crippen molar-refractivity contribution in [3.05, 3.63) is 0 Å². The molecule has 1 N–H and O–H groups in total. The summed E-state index contributed by atoms with van der Waals surface area (Å²) in [5.74, 6) is 0.111. The predicted octanol–water partition coefficient (Wildman–Crippen LogP) is 1.05. The molecule has 1 spiro atoms. The van der Waals surface area contributed by atoms with E-state index in [1.54, 1.807) is 4.90 Å². The number of nitrogens with zero attached hydrogens (tertiary/aromatic N) is 1. The zero-order valence-corrected chi connectivity index (χ0v) is 8.55. The molecule has 2 fully saturated rings. The lowest BCUT2D eigenvalue weighted by Gasteiger charge is -2.20. The van der Waals surface area contributed by atoms with Gasteiger partial charge < -0.3 is 4.90 Å². The van der Waals surface area contributed by atoms with Gasteiger partial charge in [0.15, 0.2) is 0 Å². The zero-order chi connectivity index (χ0) is 10.2. The maximum absolute atomic E-state index is 12.2. The summed E-state index contributed by atoms with van der Waals surface area (Å²) in [6.45, 7) is 1.71. The Hall–Kier alpha value is -0.640. The maximum Gasteiger partial charge on any atom is 0.244 e. The molecule has 1 aliphatic carbocycles. The van der Waals surface area contributed by atoms with Crippen molar-refractivity contribution in [2.45, 2.75) is 44.3 Å². The number of nitrogens with one attached hydrogen (secondary N) is 1. The Morgan fingerprint density at radius 2 is 2.21 bits per heavy atom. The fourth-order valence-corrected chi connectivity index (χ4v) is 2.71. The molecule has 80 valence electrons. The van der Waals surface area contributed by atoms with Crippen LogP contribution in [0.4, 0.5) is 4.39 Å². The lowest BCUT2D eigenvalue weighted by molar-refractivity contribution is -0.133. The fourth-order valence-electron chi connectivity index (χ4n) is 2.71. The van der Waals surface area contributed by atoms with E-state index in [1.807, 2.05) is 6.92 Å². The molecule has 0 radical (unpaired) electrons. The van der Waals surface area contributed by atoms with Crippen molar-refractivity contribution in [2.75, 3.05) is 13.2 Å². The Labute approximate surface area is 83.6 Å². The minimum absolute atomic E-state index is 0.00338. The molecule has 0 bridgehead atoms. The van der Waals surface area contributed by atoms with Crippen LogP contribution < -0.4 is 5.32 Å². The number of amides is 1. The molecule has 14 heavy (non-hydrogen) atoms. The van der Waals surface area contributed by atoms with Gasteiger partial charge in [0.25, 0.3) is 0 Å². The Morgan fingerprint density at radius 3 is 2.79 bits per heavy atom. The van der Waals surface area contributed by atoms with E-state index in [2.05, 4.69) is 5.32 Å². The Kier molecular flexibility index (Phi) is 2.47. The molecule has 4 heteroatoms. The first kappa shape index (κ1) is 9.90. The van der Waals surface area contributed by atoms with E-state index in [-0.39, 0.29) is 24.2 Å². The molecule has 0 aromatic heterocycles. The van der Waals surface area contributed by atoms with Crippen LogP contribution in [-0.4, -0.2) is 35.7 Å². The van der Waals surface area contributed by atoms with Crippen LogP contribution in [-0.2, 0) is 4.79 Å². The first-order valence-electron chi connectivity index (χ1n) is 5.34. The SMILES string of the molecule is CC1NC2(CCCC2)C(=O)N1CCF. The molecule has 1 amide bonds. The summed E-state index contributed by atoms with van der Waals surface area (Å²) in [5.41, 5.74) is -0.339. The van der Waals surface area contributed by atoms with E-state index in [1.165, 1.54) is 0 Å². The van der Waals surface area contributed by atoms with Gasteiger partial charge in [-0.15, -0.1) is 0 Å². The van der Waals surface area contributed by atoms with Crippen LogP contribution in [0.5, 0.6) is 0 Å². The van der Waals surface area contributed by atoms with Gasteiger partial charge in [0.1, 0.15) is 6.67 Å². The lowest BCUT2D eigenvalue weighted by Crippen LogP contribution is -2.44. The molecule has 1 saturated heterocycles. The van der Waals surface area contributed by atoms with E-state index in [4.69, 9.17) is 0 Å². The third kappa shape index (κ3) is 1.32. The number of hydrogen-bond donors (Lipinski definition) is 1. The summed E-state index contributed by atoms with van der Waals surface area (Å²) < 4.78 is 12.2. The molecule has 0 aromatic carbocycles. The van der Waals surface area contributed by atoms with E-state index >= 15 is 0 Å². The van der Waals surface area contributed by atoms with Gasteiger partial charge in [-0.3, -0.25) is 10.1 Å². The van der Waals surface area contributed by atoms with Gasteiger partial charge in [-0.2, -0.15) is 0 Å². The van der Waals surface area contributed by atoms with Crippen LogP contribution in [0.1, 0.15) is 32.6 Å². The second-order valence-electron chi connectivity index (χ2n) is 4.30. The second-order valence-corrected chi connectivity index (χ2v) is 4.30. The number of halogens is 1. The topological polar surface area (TPSA) is 32.3 Å².